The monoisotopic (exact) mass is 267 g/mol. The van der Waals surface area contributed by atoms with Crippen LogP contribution < -0.4 is 0 Å². The van der Waals surface area contributed by atoms with Gasteiger partial charge in [0.25, 0.3) is 0 Å². The number of likely N-dealkylation sites (tertiary alicyclic amines) is 1. The van der Waals surface area contributed by atoms with Crippen LogP contribution in [0.25, 0.3) is 0 Å². The summed E-state index contributed by atoms with van der Waals surface area (Å²) in [4.78, 5) is 2.58. The first-order valence-corrected chi connectivity index (χ1v) is 8.51. The SMILES string of the molecule is CCC(C)(C(O)C1CCCC(C)C1)N1CCCCC1. The molecule has 0 aromatic heterocycles. The minimum absolute atomic E-state index is 0.00213. The van der Waals surface area contributed by atoms with Gasteiger partial charge in [0.2, 0.25) is 0 Å². The first-order chi connectivity index (χ1) is 9.08. The maximum atomic E-state index is 11.0. The van der Waals surface area contributed by atoms with E-state index in [1.807, 2.05) is 0 Å². The van der Waals surface area contributed by atoms with Crippen molar-refractivity contribution in [2.24, 2.45) is 11.8 Å². The highest BCUT2D eigenvalue weighted by atomic mass is 16.3. The third-order valence-corrected chi connectivity index (χ3v) is 5.85. The Morgan fingerprint density at radius 1 is 1.16 bits per heavy atom. The number of hydrogen-bond acceptors (Lipinski definition) is 2. The second-order valence-corrected chi connectivity index (χ2v) is 7.24. The van der Waals surface area contributed by atoms with Crippen molar-refractivity contribution in [1.29, 1.82) is 0 Å². The van der Waals surface area contributed by atoms with Gasteiger partial charge in [-0.25, -0.2) is 0 Å². The standard InChI is InChI=1S/C17H33NO/c1-4-17(3,18-11-6-5-7-12-18)16(19)15-10-8-9-14(2)13-15/h14-16,19H,4-13H2,1-3H3. The van der Waals surface area contributed by atoms with E-state index in [4.69, 9.17) is 0 Å². The minimum atomic E-state index is -0.140. The Hall–Kier alpha value is -0.0800. The van der Waals surface area contributed by atoms with Crippen molar-refractivity contribution >= 4 is 0 Å². The summed E-state index contributed by atoms with van der Waals surface area (Å²) in [6.45, 7) is 9.28. The number of piperidine rings is 1. The molecule has 0 amide bonds. The molecule has 1 N–H and O–H groups in total. The van der Waals surface area contributed by atoms with Crippen molar-refractivity contribution in [1.82, 2.24) is 4.90 Å². The molecule has 0 aromatic carbocycles. The summed E-state index contributed by atoms with van der Waals surface area (Å²) in [5.74, 6) is 1.33. The topological polar surface area (TPSA) is 23.5 Å². The molecule has 1 aliphatic heterocycles. The van der Waals surface area contributed by atoms with Crippen LogP contribution in [0.15, 0.2) is 0 Å². The molecule has 0 bridgehead atoms. The molecule has 2 fully saturated rings. The predicted octanol–water partition coefficient (Wildman–Crippen LogP) is 3.83. The predicted molar refractivity (Wildman–Crippen MR) is 81.2 cm³/mol. The molecule has 2 nitrogen and oxygen atoms in total. The van der Waals surface area contributed by atoms with Gasteiger partial charge in [-0.2, -0.15) is 0 Å². The largest absolute Gasteiger partial charge is 0.391 e. The zero-order valence-corrected chi connectivity index (χ0v) is 13.2. The first-order valence-electron chi connectivity index (χ1n) is 8.51. The van der Waals surface area contributed by atoms with Gasteiger partial charge < -0.3 is 5.11 Å². The molecule has 2 heteroatoms. The Balaban J connectivity index is 2.05. The summed E-state index contributed by atoms with van der Waals surface area (Å²) in [5.41, 5.74) is 0.00213. The number of rotatable bonds is 4. The number of aliphatic hydroxyl groups excluding tert-OH is 1. The lowest BCUT2D eigenvalue weighted by Crippen LogP contribution is -2.58. The lowest BCUT2D eigenvalue weighted by molar-refractivity contribution is -0.0723. The zero-order chi connectivity index (χ0) is 13.9. The second-order valence-electron chi connectivity index (χ2n) is 7.24. The van der Waals surface area contributed by atoms with Crippen LogP contribution in [0.3, 0.4) is 0 Å². The van der Waals surface area contributed by atoms with Crippen molar-refractivity contribution in [2.75, 3.05) is 13.1 Å². The molecule has 0 spiro atoms. The van der Waals surface area contributed by atoms with Gasteiger partial charge in [-0.3, -0.25) is 4.90 Å². The molecule has 1 aliphatic carbocycles. The maximum absolute atomic E-state index is 11.0. The molecule has 112 valence electrons. The van der Waals surface area contributed by atoms with E-state index in [1.165, 1.54) is 58.0 Å². The van der Waals surface area contributed by atoms with Crippen LogP contribution in [0, 0.1) is 11.8 Å². The van der Waals surface area contributed by atoms with Crippen molar-refractivity contribution in [3.8, 4) is 0 Å². The summed E-state index contributed by atoms with van der Waals surface area (Å²) in [5, 5.41) is 11.0. The smallest absolute Gasteiger partial charge is 0.0749 e. The van der Waals surface area contributed by atoms with Crippen LogP contribution in [-0.4, -0.2) is 34.7 Å². The summed E-state index contributed by atoms with van der Waals surface area (Å²) in [7, 11) is 0. The van der Waals surface area contributed by atoms with Gasteiger partial charge in [-0.05, 0) is 64.0 Å². The van der Waals surface area contributed by atoms with E-state index in [0.717, 1.165) is 12.3 Å². The molecular formula is C17H33NO. The Kier molecular flexibility index (Phi) is 5.30. The zero-order valence-electron chi connectivity index (χ0n) is 13.2. The van der Waals surface area contributed by atoms with E-state index in [-0.39, 0.29) is 11.6 Å². The number of nitrogens with zero attached hydrogens (tertiary/aromatic N) is 1. The molecule has 2 aliphatic rings. The van der Waals surface area contributed by atoms with Crippen molar-refractivity contribution < 1.29 is 5.11 Å². The Morgan fingerprint density at radius 2 is 1.84 bits per heavy atom. The van der Waals surface area contributed by atoms with Crippen molar-refractivity contribution in [2.45, 2.75) is 83.8 Å². The van der Waals surface area contributed by atoms with Crippen LogP contribution >= 0.6 is 0 Å². The third-order valence-electron chi connectivity index (χ3n) is 5.85. The van der Waals surface area contributed by atoms with E-state index in [2.05, 4.69) is 25.7 Å². The van der Waals surface area contributed by atoms with Crippen LogP contribution in [0.2, 0.25) is 0 Å². The summed E-state index contributed by atoms with van der Waals surface area (Å²) < 4.78 is 0. The third kappa shape index (κ3) is 3.33. The first kappa shape index (κ1) is 15.3. The highest BCUT2D eigenvalue weighted by Crippen LogP contribution is 2.38. The molecule has 4 unspecified atom stereocenters. The quantitative estimate of drug-likeness (QED) is 0.837. The fourth-order valence-electron chi connectivity index (χ4n) is 4.30. The second kappa shape index (κ2) is 6.58. The van der Waals surface area contributed by atoms with Crippen LogP contribution in [0.5, 0.6) is 0 Å². The highest BCUT2D eigenvalue weighted by molar-refractivity contribution is 4.97. The summed E-state index contributed by atoms with van der Waals surface area (Å²) in [6.07, 6.45) is 10.0. The van der Waals surface area contributed by atoms with E-state index < -0.39 is 0 Å². The van der Waals surface area contributed by atoms with E-state index in [9.17, 15) is 5.11 Å². The summed E-state index contributed by atoms with van der Waals surface area (Å²) >= 11 is 0. The van der Waals surface area contributed by atoms with Crippen LogP contribution in [-0.2, 0) is 0 Å². The molecule has 4 atom stereocenters. The normalized spacial score (nSPS) is 34.7. The molecule has 1 heterocycles. The molecule has 2 rings (SSSR count). The fourth-order valence-corrected chi connectivity index (χ4v) is 4.30. The molecule has 1 saturated carbocycles. The van der Waals surface area contributed by atoms with Crippen molar-refractivity contribution in [3.05, 3.63) is 0 Å². The summed E-state index contributed by atoms with van der Waals surface area (Å²) in [6, 6.07) is 0. The van der Waals surface area contributed by atoms with E-state index >= 15 is 0 Å². The van der Waals surface area contributed by atoms with Crippen molar-refractivity contribution in [3.63, 3.8) is 0 Å². The highest BCUT2D eigenvalue weighted by Gasteiger charge is 2.42. The maximum Gasteiger partial charge on any atom is 0.0749 e. The molecule has 19 heavy (non-hydrogen) atoms. The Labute approximate surface area is 119 Å². The van der Waals surface area contributed by atoms with Gasteiger partial charge in [-0.15, -0.1) is 0 Å². The fraction of sp³-hybridized carbons (Fsp3) is 1.00. The van der Waals surface area contributed by atoms with Gasteiger partial charge in [0.05, 0.1) is 6.10 Å². The molecular weight excluding hydrogens is 234 g/mol. The molecule has 0 radical (unpaired) electrons. The van der Waals surface area contributed by atoms with E-state index in [0.29, 0.717) is 5.92 Å². The Morgan fingerprint density at radius 3 is 2.42 bits per heavy atom. The van der Waals surface area contributed by atoms with Gasteiger partial charge in [0.15, 0.2) is 0 Å². The average Bonchev–Trinajstić information content (AvgIpc) is 2.46. The van der Waals surface area contributed by atoms with Gasteiger partial charge in [0.1, 0.15) is 0 Å². The number of aliphatic hydroxyl groups is 1. The average molecular weight is 267 g/mol. The lowest BCUT2D eigenvalue weighted by atomic mass is 9.72. The van der Waals surface area contributed by atoms with Gasteiger partial charge in [-0.1, -0.05) is 33.1 Å². The lowest BCUT2D eigenvalue weighted by Gasteiger charge is -2.49. The minimum Gasteiger partial charge on any atom is -0.391 e. The molecule has 0 aromatic rings. The van der Waals surface area contributed by atoms with Crippen LogP contribution in [0.4, 0.5) is 0 Å². The number of hydrogen-bond donors (Lipinski definition) is 1. The van der Waals surface area contributed by atoms with E-state index in [1.54, 1.807) is 0 Å². The van der Waals surface area contributed by atoms with Gasteiger partial charge >= 0.3 is 0 Å². The molecule has 1 saturated heterocycles. The Bertz CT molecular complexity index is 274. The van der Waals surface area contributed by atoms with Gasteiger partial charge in [0, 0.05) is 5.54 Å². The van der Waals surface area contributed by atoms with Crippen LogP contribution in [0.1, 0.15) is 72.1 Å².